The molecule has 1 aromatic rings. The Labute approximate surface area is 94.2 Å². The van der Waals surface area contributed by atoms with Gasteiger partial charge in [-0.1, -0.05) is 0 Å². The van der Waals surface area contributed by atoms with Crippen LogP contribution in [-0.2, 0) is 0 Å². The third kappa shape index (κ3) is 1.73. The minimum Gasteiger partial charge on any atom is -0.504 e. The first-order chi connectivity index (χ1) is 7.65. The molecule has 0 spiro atoms. The zero-order chi connectivity index (χ0) is 11.7. The van der Waals surface area contributed by atoms with Crippen LogP contribution in [0.25, 0.3) is 0 Å². The van der Waals surface area contributed by atoms with Gasteiger partial charge in [0.1, 0.15) is 0 Å². The Bertz CT molecular complexity index is 400. The molecule has 2 rings (SSSR count). The molecule has 1 aromatic carbocycles. The average Bonchev–Trinajstić information content (AvgIpc) is 2.77. The molecule has 1 unspecified atom stereocenters. The van der Waals surface area contributed by atoms with Crippen LogP contribution in [0.4, 0.5) is 4.39 Å². The Balaban J connectivity index is 2.49. The Kier molecular flexibility index (Phi) is 3.01. The van der Waals surface area contributed by atoms with Gasteiger partial charge in [0, 0.05) is 12.5 Å². The molecule has 0 aromatic heterocycles. The number of halogens is 1. The normalized spacial score (nSPS) is 20.1. The van der Waals surface area contributed by atoms with E-state index in [0.717, 1.165) is 19.5 Å². The molecule has 0 amide bonds. The zero-order valence-corrected chi connectivity index (χ0v) is 9.51. The van der Waals surface area contributed by atoms with E-state index in [1.807, 2.05) is 0 Å². The number of ether oxygens (including phenoxy) is 1. The van der Waals surface area contributed by atoms with Crippen LogP contribution < -0.4 is 10.1 Å². The average molecular weight is 225 g/mol. The van der Waals surface area contributed by atoms with Crippen molar-refractivity contribution in [3.8, 4) is 11.5 Å². The molecular formula is C12H16FNO2. The molecule has 1 aliphatic heterocycles. The molecule has 1 heterocycles. The van der Waals surface area contributed by atoms with Gasteiger partial charge in [-0.3, -0.25) is 0 Å². The fourth-order valence-electron chi connectivity index (χ4n) is 2.18. The molecule has 0 aliphatic carbocycles. The molecule has 16 heavy (non-hydrogen) atoms. The molecule has 1 fully saturated rings. The van der Waals surface area contributed by atoms with E-state index in [-0.39, 0.29) is 17.4 Å². The first-order valence-corrected chi connectivity index (χ1v) is 5.41. The number of aryl methyl sites for hydroxylation is 1. The SMILES string of the molecule is COc1c(O)c(C)cc(C2CCNC2)c1F. The van der Waals surface area contributed by atoms with E-state index in [0.29, 0.717) is 11.1 Å². The van der Waals surface area contributed by atoms with Crippen LogP contribution in [0.3, 0.4) is 0 Å². The standard InChI is InChI=1S/C12H16FNO2/c1-7-5-9(8-3-4-14-6-8)10(13)12(16-2)11(7)15/h5,8,14-15H,3-4,6H2,1-2H3. The number of rotatable bonds is 2. The Morgan fingerprint density at radius 3 is 2.88 bits per heavy atom. The predicted molar refractivity (Wildman–Crippen MR) is 59.6 cm³/mol. The highest BCUT2D eigenvalue weighted by molar-refractivity contribution is 5.50. The molecule has 88 valence electrons. The number of aromatic hydroxyl groups is 1. The van der Waals surface area contributed by atoms with E-state index in [1.165, 1.54) is 7.11 Å². The maximum Gasteiger partial charge on any atom is 0.197 e. The molecule has 0 bridgehead atoms. The van der Waals surface area contributed by atoms with Gasteiger partial charge in [-0.2, -0.15) is 0 Å². The third-order valence-electron chi connectivity index (χ3n) is 3.12. The lowest BCUT2D eigenvalue weighted by molar-refractivity contribution is 0.346. The van der Waals surface area contributed by atoms with E-state index in [4.69, 9.17) is 4.74 Å². The van der Waals surface area contributed by atoms with Gasteiger partial charge in [0.2, 0.25) is 0 Å². The van der Waals surface area contributed by atoms with Crippen molar-refractivity contribution in [2.45, 2.75) is 19.3 Å². The van der Waals surface area contributed by atoms with Gasteiger partial charge in [-0.25, -0.2) is 4.39 Å². The van der Waals surface area contributed by atoms with Gasteiger partial charge in [0.25, 0.3) is 0 Å². The van der Waals surface area contributed by atoms with Crippen molar-refractivity contribution in [2.24, 2.45) is 0 Å². The van der Waals surface area contributed by atoms with Crippen molar-refractivity contribution in [2.75, 3.05) is 20.2 Å². The number of hydrogen-bond acceptors (Lipinski definition) is 3. The van der Waals surface area contributed by atoms with Gasteiger partial charge < -0.3 is 15.2 Å². The summed E-state index contributed by atoms with van der Waals surface area (Å²) in [6, 6.07) is 1.71. The van der Waals surface area contributed by atoms with Crippen molar-refractivity contribution >= 4 is 0 Å². The minimum atomic E-state index is -0.431. The van der Waals surface area contributed by atoms with Crippen LogP contribution in [0.15, 0.2) is 6.07 Å². The highest BCUT2D eigenvalue weighted by Gasteiger charge is 2.24. The summed E-state index contributed by atoms with van der Waals surface area (Å²) in [6.45, 7) is 3.44. The van der Waals surface area contributed by atoms with Crippen molar-refractivity contribution in [3.63, 3.8) is 0 Å². The van der Waals surface area contributed by atoms with E-state index < -0.39 is 5.82 Å². The number of nitrogens with one attached hydrogen (secondary N) is 1. The molecule has 1 aliphatic rings. The summed E-state index contributed by atoms with van der Waals surface area (Å²) in [5.74, 6) is -0.399. The van der Waals surface area contributed by atoms with E-state index >= 15 is 0 Å². The zero-order valence-electron chi connectivity index (χ0n) is 9.51. The van der Waals surface area contributed by atoms with E-state index in [2.05, 4.69) is 5.32 Å². The molecule has 0 radical (unpaired) electrons. The summed E-state index contributed by atoms with van der Waals surface area (Å²) in [4.78, 5) is 0. The highest BCUT2D eigenvalue weighted by atomic mass is 19.1. The Morgan fingerprint density at radius 2 is 2.31 bits per heavy atom. The Morgan fingerprint density at radius 1 is 1.56 bits per heavy atom. The molecule has 1 atom stereocenters. The predicted octanol–water partition coefficient (Wildman–Crippen LogP) is 1.93. The van der Waals surface area contributed by atoms with Gasteiger partial charge in [0.15, 0.2) is 17.3 Å². The maximum absolute atomic E-state index is 14.1. The largest absolute Gasteiger partial charge is 0.504 e. The van der Waals surface area contributed by atoms with Gasteiger partial charge >= 0.3 is 0 Å². The smallest absolute Gasteiger partial charge is 0.197 e. The van der Waals surface area contributed by atoms with Crippen molar-refractivity contribution < 1.29 is 14.2 Å². The summed E-state index contributed by atoms with van der Waals surface area (Å²) >= 11 is 0. The number of phenols is 1. The second-order valence-electron chi connectivity index (χ2n) is 4.17. The molecule has 1 saturated heterocycles. The lowest BCUT2D eigenvalue weighted by Crippen LogP contribution is -2.09. The van der Waals surface area contributed by atoms with Gasteiger partial charge in [-0.15, -0.1) is 0 Å². The topological polar surface area (TPSA) is 41.5 Å². The van der Waals surface area contributed by atoms with Crippen LogP contribution in [0.5, 0.6) is 11.5 Å². The van der Waals surface area contributed by atoms with E-state index in [9.17, 15) is 9.50 Å². The minimum absolute atomic E-state index is 0.0399. The molecular weight excluding hydrogens is 209 g/mol. The van der Waals surface area contributed by atoms with Crippen LogP contribution >= 0.6 is 0 Å². The number of benzene rings is 1. The monoisotopic (exact) mass is 225 g/mol. The molecule has 4 heteroatoms. The number of phenolic OH excluding ortho intramolecular Hbond substituents is 1. The summed E-state index contributed by atoms with van der Waals surface area (Å²) in [7, 11) is 1.37. The quantitative estimate of drug-likeness (QED) is 0.808. The van der Waals surface area contributed by atoms with Crippen molar-refractivity contribution in [3.05, 3.63) is 23.0 Å². The first kappa shape index (κ1) is 11.2. The highest BCUT2D eigenvalue weighted by Crippen LogP contribution is 2.38. The first-order valence-electron chi connectivity index (χ1n) is 5.41. The van der Waals surface area contributed by atoms with Gasteiger partial charge in [-0.05, 0) is 37.1 Å². The number of hydrogen-bond donors (Lipinski definition) is 2. The van der Waals surface area contributed by atoms with Crippen LogP contribution in [0.2, 0.25) is 0 Å². The van der Waals surface area contributed by atoms with E-state index in [1.54, 1.807) is 13.0 Å². The summed E-state index contributed by atoms with van der Waals surface area (Å²) < 4.78 is 19.0. The van der Waals surface area contributed by atoms with Crippen molar-refractivity contribution in [1.82, 2.24) is 5.32 Å². The number of methoxy groups -OCH3 is 1. The summed E-state index contributed by atoms with van der Waals surface area (Å²) in [6.07, 6.45) is 0.921. The Hall–Kier alpha value is -1.29. The third-order valence-corrected chi connectivity index (χ3v) is 3.12. The maximum atomic E-state index is 14.1. The fraction of sp³-hybridized carbons (Fsp3) is 0.500. The summed E-state index contributed by atoms with van der Waals surface area (Å²) in [5, 5.41) is 12.9. The van der Waals surface area contributed by atoms with Crippen LogP contribution in [0.1, 0.15) is 23.5 Å². The second-order valence-corrected chi connectivity index (χ2v) is 4.17. The lowest BCUT2D eigenvalue weighted by atomic mass is 9.95. The molecule has 3 nitrogen and oxygen atoms in total. The second kappa shape index (κ2) is 4.29. The lowest BCUT2D eigenvalue weighted by Gasteiger charge is -2.15. The molecule has 2 N–H and O–H groups in total. The van der Waals surface area contributed by atoms with Crippen molar-refractivity contribution in [1.29, 1.82) is 0 Å². The fourth-order valence-corrected chi connectivity index (χ4v) is 2.18. The van der Waals surface area contributed by atoms with Crippen LogP contribution in [-0.4, -0.2) is 25.3 Å². The summed E-state index contributed by atoms with van der Waals surface area (Å²) in [5.41, 5.74) is 1.29. The van der Waals surface area contributed by atoms with Crippen LogP contribution in [0, 0.1) is 12.7 Å². The van der Waals surface area contributed by atoms with Gasteiger partial charge in [0.05, 0.1) is 7.11 Å². The molecule has 0 saturated carbocycles.